The molecular formula is C32H34N6O4S2. The minimum atomic E-state index is -3.56. The van der Waals surface area contributed by atoms with Crippen LogP contribution in [0, 0.1) is 6.92 Å². The molecule has 1 fully saturated rings. The van der Waals surface area contributed by atoms with Gasteiger partial charge in [-0.2, -0.15) is 4.31 Å². The van der Waals surface area contributed by atoms with Gasteiger partial charge in [0.2, 0.25) is 15.9 Å². The van der Waals surface area contributed by atoms with Crippen molar-refractivity contribution in [3.63, 3.8) is 0 Å². The van der Waals surface area contributed by atoms with Gasteiger partial charge in [0.25, 0.3) is 5.91 Å². The minimum absolute atomic E-state index is 0.00554. The first-order valence-electron chi connectivity index (χ1n) is 14.7. The first kappa shape index (κ1) is 30.0. The maximum absolute atomic E-state index is 13.3. The van der Waals surface area contributed by atoms with Gasteiger partial charge in [-0.3, -0.25) is 14.2 Å². The lowest BCUT2D eigenvalue weighted by molar-refractivity contribution is -0.116. The number of nitrogens with zero attached hydrogens (tertiary/aromatic N) is 5. The Morgan fingerprint density at radius 3 is 2.45 bits per heavy atom. The number of carbonyl (C=O) groups excluding carboxylic acids is 2. The number of benzene rings is 3. The number of fused-ring (bicyclic) bond motifs is 1. The predicted octanol–water partition coefficient (Wildman–Crippen LogP) is 4.36. The van der Waals surface area contributed by atoms with Gasteiger partial charge in [-0.05, 0) is 86.2 Å². The van der Waals surface area contributed by atoms with Gasteiger partial charge in [-0.1, -0.05) is 42.1 Å². The molecule has 2 amide bonds. The van der Waals surface area contributed by atoms with Gasteiger partial charge in [0.05, 0.1) is 17.2 Å². The summed E-state index contributed by atoms with van der Waals surface area (Å²) in [5.41, 5.74) is 4.37. The van der Waals surface area contributed by atoms with Crippen molar-refractivity contribution < 1.29 is 18.0 Å². The SMILES string of the molecule is Cc1cccc(-n2c(CNC(=O)c3ccc(S(=O)(=O)N4CCCC4)cc3)nnc2SCC(=O)N2CCCc3ccccc32)c1. The second kappa shape index (κ2) is 12.9. The molecule has 0 bridgehead atoms. The highest BCUT2D eigenvalue weighted by Crippen LogP contribution is 2.29. The highest BCUT2D eigenvalue weighted by atomic mass is 32.2. The number of aryl methyl sites for hydroxylation is 2. The molecule has 228 valence electrons. The maximum Gasteiger partial charge on any atom is 0.251 e. The minimum Gasteiger partial charge on any atom is -0.345 e. The van der Waals surface area contributed by atoms with E-state index in [2.05, 4.69) is 21.6 Å². The predicted molar refractivity (Wildman–Crippen MR) is 170 cm³/mol. The lowest BCUT2D eigenvalue weighted by Gasteiger charge is -2.29. The normalized spacial score (nSPS) is 15.2. The molecule has 12 heteroatoms. The van der Waals surface area contributed by atoms with Crippen LogP contribution >= 0.6 is 11.8 Å². The lowest BCUT2D eigenvalue weighted by atomic mass is 10.0. The molecular weight excluding hydrogens is 597 g/mol. The Morgan fingerprint density at radius 1 is 0.909 bits per heavy atom. The third-order valence-corrected chi connectivity index (χ3v) is 10.7. The number of para-hydroxylation sites is 1. The highest BCUT2D eigenvalue weighted by Gasteiger charge is 2.27. The van der Waals surface area contributed by atoms with Crippen LogP contribution in [-0.4, -0.2) is 64.7 Å². The standard InChI is InChI=1S/C32H34N6O4S2/c1-23-8-6-11-26(20-23)38-29(21-33-31(40)25-13-15-27(16-14-25)44(41,42)36-17-4-5-18-36)34-35-32(38)43-22-30(39)37-19-7-10-24-9-2-3-12-28(24)37/h2-3,6,8-9,11-16,20H,4-5,7,10,17-19,21-22H2,1H3,(H,33,40). The van der Waals surface area contributed by atoms with E-state index >= 15 is 0 Å². The fraction of sp³-hybridized carbons (Fsp3) is 0.312. The molecule has 1 N–H and O–H groups in total. The number of sulfonamides is 1. The molecule has 1 aromatic heterocycles. The van der Waals surface area contributed by atoms with E-state index in [0.29, 0.717) is 36.2 Å². The third-order valence-electron chi connectivity index (χ3n) is 7.92. The summed E-state index contributed by atoms with van der Waals surface area (Å²) in [5.74, 6) is 0.348. The molecule has 0 radical (unpaired) electrons. The summed E-state index contributed by atoms with van der Waals surface area (Å²) in [6.07, 6.45) is 3.60. The van der Waals surface area contributed by atoms with Crippen molar-refractivity contribution in [2.45, 2.75) is 49.2 Å². The van der Waals surface area contributed by atoms with Gasteiger partial charge in [0.15, 0.2) is 11.0 Å². The molecule has 0 saturated carbocycles. The zero-order valence-corrected chi connectivity index (χ0v) is 26.1. The molecule has 4 aromatic rings. The number of hydrogen-bond acceptors (Lipinski definition) is 7. The van der Waals surface area contributed by atoms with E-state index < -0.39 is 10.0 Å². The number of anilines is 1. The Balaban J connectivity index is 1.17. The number of thioether (sulfide) groups is 1. The average Bonchev–Trinajstić information content (AvgIpc) is 3.73. The van der Waals surface area contributed by atoms with Crippen LogP contribution in [0.25, 0.3) is 5.69 Å². The molecule has 2 aliphatic heterocycles. The fourth-order valence-electron chi connectivity index (χ4n) is 5.65. The number of hydrogen-bond donors (Lipinski definition) is 1. The zero-order chi connectivity index (χ0) is 30.7. The molecule has 0 spiro atoms. The lowest BCUT2D eigenvalue weighted by Crippen LogP contribution is -2.36. The van der Waals surface area contributed by atoms with Crippen molar-refractivity contribution >= 4 is 39.3 Å². The second-order valence-corrected chi connectivity index (χ2v) is 13.8. The van der Waals surface area contributed by atoms with Crippen LogP contribution in [-0.2, 0) is 27.8 Å². The van der Waals surface area contributed by atoms with Crippen LogP contribution in [0.15, 0.2) is 82.8 Å². The molecule has 0 unspecified atom stereocenters. The summed E-state index contributed by atoms with van der Waals surface area (Å²) in [4.78, 5) is 28.4. The molecule has 3 aromatic carbocycles. The summed E-state index contributed by atoms with van der Waals surface area (Å²) in [5, 5.41) is 12.2. The molecule has 0 atom stereocenters. The zero-order valence-electron chi connectivity index (χ0n) is 24.5. The van der Waals surface area contributed by atoms with E-state index in [0.717, 1.165) is 42.6 Å². The number of nitrogens with one attached hydrogen (secondary N) is 1. The molecule has 10 nitrogen and oxygen atoms in total. The van der Waals surface area contributed by atoms with E-state index in [9.17, 15) is 18.0 Å². The van der Waals surface area contributed by atoms with Gasteiger partial charge in [-0.25, -0.2) is 8.42 Å². The van der Waals surface area contributed by atoms with Crippen LogP contribution < -0.4 is 10.2 Å². The van der Waals surface area contributed by atoms with Gasteiger partial charge in [0, 0.05) is 36.6 Å². The third kappa shape index (κ3) is 6.28. The second-order valence-electron chi connectivity index (χ2n) is 11.0. The quantitative estimate of drug-likeness (QED) is 0.273. The first-order valence-corrected chi connectivity index (χ1v) is 17.1. The number of rotatable bonds is 9. The molecule has 1 saturated heterocycles. The monoisotopic (exact) mass is 630 g/mol. The Hall–Kier alpha value is -4.00. The molecule has 0 aliphatic carbocycles. The summed E-state index contributed by atoms with van der Waals surface area (Å²) >= 11 is 1.31. The summed E-state index contributed by atoms with van der Waals surface area (Å²) in [6.45, 7) is 3.80. The van der Waals surface area contributed by atoms with Crippen molar-refractivity contribution in [1.82, 2.24) is 24.4 Å². The van der Waals surface area contributed by atoms with Crippen molar-refractivity contribution in [2.24, 2.45) is 0 Å². The molecule has 6 rings (SSSR count). The summed E-state index contributed by atoms with van der Waals surface area (Å²) in [7, 11) is -3.56. The van der Waals surface area contributed by atoms with Gasteiger partial charge in [-0.15, -0.1) is 10.2 Å². The fourth-order valence-corrected chi connectivity index (χ4v) is 8.01. The van der Waals surface area contributed by atoms with Crippen LogP contribution in [0.2, 0.25) is 0 Å². The molecule has 2 aliphatic rings. The van der Waals surface area contributed by atoms with Gasteiger partial charge < -0.3 is 10.2 Å². The average molecular weight is 631 g/mol. The van der Waals surface area contributed by atoms with Crippen LogP contribution in [0.4, 0.5) is 5.69 Å². The highest BCUT2D eigenvalue weighted by molar-refractivity contribution is 7.99. The van der Waals surface area contributed by atoms with Gasteiger partial charge in [0.1, 0.15) is 0 Å². The van der Waals surface area contributed by atoms with Crippen LogP contribution in [0.5, 0.6) is 0 Å². The van der Waals surface area contributed by atoms with E-state index in [-0.39, 0.29) is 29.0 Å². The Morgan fingerprint density at radius 2 is 1.68 bits per heavy atom. The number of aromatic nitrogens is 3. The van der Waals surface area contributed by atoms with Crippen molar-refractivity contribution in [1.29, 1.82) is 0 Å². The topological polar surface area (TPSA) is 117 Å². The summed E-state index contributed by atoms with van der Waals surface area (Å²) in [6, 6.07) is 21.9. The smallest absolute Gasteiger partial charge is 0.251 e. The first-order chi connectivity index (χ1) is 21.3. The molecule has 3 heterocycles. The summed E-state index contributed by atoms with van der Waals surface area (Å²) < 4.78 is 29.0. The van der Waals surface area contributed by atoms with E-state index in [1.807, 2.05) is 58.9 Å². The molecule has 44 heavy (non-hydrogen) atoms. The maximum atomic E-state index is 13.3. The number of carbonyl (C=O) groups is 2. The Bertz CT molecular complexity index is 1780. The van der Waals surface area contributed by atoms with Gasteiger partial charge >= 0.3 is 0 Å². The Labute approximate surface area is 261 Å². The largest absolute Gasteiger partial charge is 0.345 e. The van der Waals surface area contributed by atoms with Crippen LogP contribution in [0.3, 0.4) is 0 Å². The van der Waals surface area contributed by atoms with Crippen molar-refractivity contribution in [3.05, 3.63) is 95.3 Å². The van der Waals surface area contributed by atoms with E-state index in [4.69, 9.17) is 0 Å². The van der Waals surface area contributed by atoms with E-state index in [1.54, 1.807) is 0 Å². The van der Waals surface area contributed by atoms with Crippen molar-refractivity contribution in [3.8, 4) is 5.69 Å². The number of amides is 2. The van der Waals surface area contributed by atoms with Crippen molar-refractivity contribution in [2.75, 3.05) is 30.3 Å². The van der Waals surface area contributed by atoms with E-state index in [1.165, 1.54) is 45.9 Å². The Kier molecular flexibility index (Phi) is 8.83. The van der Waals surface area contributed by atoms with Crippen LogP contribution in [0.1, 0.15) is 46.6 Å².